The molecule has 23 heavy (non-hydrogen) atoms. The lowest BCUT2D eigenvalue weighted by molar-refractivity contribution is -0.123. The van der Waals surface area contributed by atoms with E-state index >= 15 is 0 Å². The van der Waals surface area contributed by atoms with Crippen LogP contribution in [0.4, 0.5) is 0 Å². The Kier molecular flexibility index (Phi) is 5.75. The first kappa shape index (κ1) is 17.5. The highest BCUT2D eigenvalue weighted by molar-refractivity contribution is 9.10. The molecule has 2 rings (SSSR count). The van der Waals surface area contributed by atoms with E-state index in [1.807, 2.05) is 23.9 Å². The third kappa shape index (κ3) is 5.05. The number of nitrogens with one attached hydrogen (secondary N) is 2. The maximum absolute atomic E-state index is 11.9. The zero-order valence-electron chi connectivity index (χ0n) is 12.2. The molecule has 2 aromatic rings. The van der Waals surface area contributed by atoms with Gasteiger partial charge in [0, 0.05) is 0 Å². The summed E-state index contributed by atoms with van der Waals surface area (Å²) in [4.78, 5) is 13.8. The Morgan fingerprint density at radius 3 is 2.52 bits per heavy atom. The fourth-order valence-corrected chi connectivity index (χ4v) is 3.17. The molecular formula is C15H15BrN2O4S. The average molecular weight is 399 g/mol. The largest absolute Gasteiger partial charge is 0.483 e. The molecule has 2 aromatic carbocycles. The van der Waals surface area contributed by atoms with Gasteiger partial charge in [0.25, 0.3) is 15.9 Å². The van der Waals surface area contributed by atoms with E-state index in [1.165, 1.54) is 12.1 Å². The van der Waals surface area contributed by atoms with Crippen LogP contribution in [0.3, 0.4) is 0 Å². The van der Waals surface area contributed by atoms with Crippen molar-refractivity contribution in [3.8, 4) is 5.75 Å². The molecule has 6 nitrogen and oxygen atoms in total. The van der Waals surface area contributed by atoms with Crippen molar-refractivity contribution in [2.75, 3.05) is 6.61 Å². The van der Waals surface area contributed by atoms with Gasteiger partial charge in [-0.3, -0.25) is 10.2 Å². The van der Waals surface area contributed by atoms with E-state index in [2.05, 4.69) is 21.4 Å². The smallest absolute Gasteiger partial charge is 0.272 e. The molecule has 0 aliphatic heterocycles. The lowest BCUT2D eigenvalue weighted by atomic mass is 10.2. The van der Waals surface area contributed by atoms with Crippen molar-refractivity contribution in [1.82, 2.24) is 10.3 Å². The van der Waals surface area contributed by atoms with Crippen LogP contribution in [0.1, 0.15) is 5.56 Å². The van der Waals surface area contributed by atoms with Crippen molar-refractivity contribution in [1.29, 1.82) is 0 Å². The summed E-state index contributed by atoms with van der Waals surface area (Å²) in [6.45, 7) is 1.61. The van der Waals surface area contributed by atoms with Gasteiger partial charge in [0.2, 0.25) is 0 Å². The van der Waals surface area contributed by atoms with Gasteiger partial charge in [-0.15, -0.1) is 4.83 Å². The van der Waals surface area contributed by atoms with Crippen molar-refractivity contribution in [3.05, 3.63) is 58.6 Å². The van der Waals surface area contributed by atoms with Crippen LogP contribution in [0, 0.1) is 6.92 Å². The van der Waals surface area contributed by atoms with Crippen molar-refractivity contribution < 1.29 is 17.9 Å². The van der Waals surface area contributed by atoms with E-state index in [4.69, 9.17) is 4.74 Å². The quantitative estimate of drug-likeness (QED) is 0.730. The van der Waals surface area contributed by atoms with Gasteiger partial charge < -0.3 is 4.74 Å². The van der Waals surface area contributed by atoms with E-state index in [-0.39, 0.29) is 11.5 Å². The maximum Gasteiger partial charge on any atom is 0.272 e. The second-order valence-corrected chi connectivity index (χ2v) is 7.23. The average Bonchev–Trinajstić information content (AvgIpc) is 2.53. The number of aryl methyl sites for hydroxylation is 1. The van der Waals surface area contributed by atoms with Crippen LogP contribution in [0.5, 0.6) is 5.75 Å². The van der Waals surface area contributed by atoms with Crippen LogP contribution < -0.4 is 15.0 Å². The molecule has 0 spiro atoms. The zero-order chi connectivity index (χ0) is 16.9. The number of benzene rings is 2. The lowest BCUT2D eigenvalue weighted by Gasteiger charge is -2.10. The van der Waals surface area contributed by atoms with Gasteiger partial charge in [0.15, 0.2) is 6.61 Å². The summed E-state index contributed by atoms with van der Waals surface area (Å²) in [6, 6.07) is 13.2. The fraction of sp³-hybridized carbons (Fsp3) is 0.133. The van der Waals surface area contributed by atoms with Crippen molar-refractivity contribution >= 4 is 31.9 Å². The highest BCUT2D eigenvalue weighted by Crippen LogP contribution is 2.25. The van der Waals surface area contributed by atoms with Gasteiger partial charge in [-0.1, -0.05) is 24.3 Å². The molecule has 0 heterocycles. The molecule has 0 radical (unpaired) electrons. The molecule has 0 unspecified atom stereocenters. The maximum atomic E-state index is 11.9. The molecule has 8 heteroatoms. The SMILES string of the molecule is Cc1ccc(OCC(=O)NNS(=O)(=O)c2ccccc2)c(Br)c1. The van der Waals surface area contributed by atoms with Gasteiger partial charge in [-0.25, -0.2) is 8.42 Å². The summed E-state index contributed by atoms with van der Waals surface area (Å²) in [6.07, 6.45) is 0. The van der Waals surface area contributed by atoms with Crippen LogP contribution in [-0.4, -0.2) is 20.9 Å². The summed E-state index contributed by atoms with van der Waals surface area (Å²) in [7, 11) is -3.80. The fourth-order valence-electron chi connectivity index (χ4n) is 1.68. The molecular weight excluding hydrogens is 384 g/mol. The van der Waals surface area contributed by atoms with Crippen LogP contribution in [-0.2, 0) is 14.8 Å². The number of ether oxygens (including phenoxy) is 1. The molecule has 0 aromatic heterocycles. The van der Waals surface area contributed by atoms with Crippen LogP contribution in [0.25, 0.3) is 0 Å². The second-order valence-electron chi connectivity index (χ2n) is 4.69. The summed E-state index contributed by atoms with van der Waals surface area (Å²) in [5.74, 6) is -0.117. The monoisotopic (exact) mass is 398 g/mol. The minimum absolute atomic E-state index is 0.0579. The van der Waals surface area contributed by atoms with Crippen LogP contribution in [0.15, 0.2) is 57.9 Å². The minimum atomic E-state index is -3.80. The van der Waals surface area contributed by atoms with Crippen molar-refractivity contribution in [2.45, 2.75) is 11.8 Å². The molecule has 122 valence electrons. The molecule has 0 saturated carbocycles. The van der Waals surface area contributed by atoms with E-state index in [0.29, 0.717) is 5.75 Å². The first-order valence-corrected chi connectivity index (χ1v) is 8.91. The van der Waals surface area contributed by atoms with E-state index < -0.39 is 15.9 Å². The number of hydrazine groups is 1. The number of sulfonamides is 1. The number of carbonyl (C=O) groups is 1. The highest BCUT2D eigenvalue weighted by Gasteiger charge is 2.14. The molecule has 0 bridgehead atoms. The number of rotatable bonds is 6. The highest BCUT2D eigenvalue weighted by atomic mass is 79.9. The third-order valence-electron chi connectivity index (χ3n) is 2.82. The number of halogens is 1. The summed E-state index contributed by atoms with van der Waals surface area (Å²) in [5, 5.41) is 0. The minimum Gasteiger partial charge on any atom is -0.483 e. The van der Waals surface area contributed by atoms with E-state index in [1.54, 1.807) is 24.3 Å². The third-order valence-corrected chi connectivity index (χ3v) is 4.71. The molecule has 0 fully saturated rings. The van der Waals surface area contributed by atoms with Gasteiger partial charge in [0.1, 0.15) is 5.75 Å². The number of amides is 1. The number of hydrogen-bond donors (Lipinski definition) is 2. The Balaban J connectivity index is 1.88. The Morgan fingerprint density at radius 1 is 1.17 bits per heavy atom. The van der Waals surface area contributed by atoms with Crippen molar-refractivity contribution in [3.63, 3.8) is 0 Å². The van der Waals surface area contributed by atoms with Crippen LogP contribution >= 0.6 is 15.9 Å². The normalized spacial score (nSPS) is 11.0. The Morgan fingerprint density at radius 2 is 1.87 bits per heavy atom. The predicted molar refractivity (Wildman–Crippen MR) is 89.3 cm³/mol. The first-order valence-electron chi connectivity index (χ1n) is 6.63. The summed E-state index contributed by atoms with van der Waals surface area (Å²) in [5.41, 5.74) is 3.15. The molecule has 1 amide bonds. The molecule has 0 aliphatic carbocycles. The molecule has 2 N–H and O–H groups in total. The Bertz CT molecular complexity index is 794. The Hall–Kier alpha value is -1.90. The van der Waals surface area contributed by atoms with Crippen LogP contribution in [0.2, 0.25) is 0 Å². The zero-order valence-corrected chi connectivity index (χ0v) is 14.6. The predicted octanol–water partition coefficient (Wildman–Crippen LogP) is 2.15. The first-order chi connectivity index (χ1) is 10.9. The molecule has 0 saturated heterocycles. The van der Waals surface area contributed by atoms with E-state index in [0.717, 1.165) is 10.0 Å². The van der Waals surface area contributed by atoms with Gasteiger partial charge in [-0.05, 0) is 52.7 Å². The molecule has 0 aliphatic rings. The standard InChI is InChI=1S/C15H15BrN2O4S/c1-11-7-8-14(13(16)9-11)22-10-15(19)17-18-23(20,21)12-5-3-2-4-6-12/h2-9,18H,10H2,1H3,(H,17,19). The van der Waals surface area contributed by atoms with Crippen molar-refractivity contribution in [2.24, 2.45) is 0 Å². The van der Waals surface area contributed by atoms with E-state index in [9.17, 15) is 13.2 Å². The summed E-state index contributed by atoms with van der Waals surface area (Å²) < 4.78 is 29.9. The van der Waals surface area contributed by atoms with Gasteiger partial charge in [-0.2, -0.15) is 0 Å². The van der Waals surface area contributed by atoms with Gasteiger partial charge >= 0.3 is 0 Å². The number of carbonyl (C=O) groups excluding carboxylic acids is 1. The second kappa shape index (κ2) is 7.58. The lowest BCUT2D eigenvalue weighted by Crippen LogP contribution is -2.43. The number of hydrogen-bond acceptors (Lipinski definition) is 4. The Labute approximate surface area is 143 Å². The topological polar surface area (TPSA) is 84.5 Å². The summed E-state index contributed by atoms with van der Waals surface area (Å²) >= 11 is 3.33. The molecule has 0 atom stereocenters. The van der Waals surface area contributed by atoms with Gasteiger partial charge in [0.05, 0.1) is 9.37 Å².